The Morgan fingerprint density at radius 1 is 0.327 bits per heavy atom. The molecule has 0 spiro atoms. The Kier molecular flexibility index (Phi) is 6.34. The summed E-state index contributed by atoms with van der Waals surface area (Å²) in [6.07, 6.45) is 0. The summed E-state index contributed by atoms with van der Waals surface area (Å²) in [4.78, 5) is 0. The highest BCUT2D eigenvalue weighted by atomic mass is 16.3. The maximum Gasteiger partial charge on any atom is 0.147 e. The third-order valence-corrected chi connectivity index (χ3v) is 11.4. The van der Waals surface area contributed by atoms with E-state index in [1.807, 2.05) is 12.1 Å². The van der Waals surface area contributed by atoms with E-state index in [1.165, 1.54) is 43.7 Å². The molecule has 55 heavy (non-hydrogen) atoms. The first kappa shape index (κ1) is 30.1. The van der Waals surface area contributed by atoms with Crippen molar-refractivity contribution < 1.29 is 8.83 Å². The van der Waals surface area contributed by atoms with Gasteiger partial charge < -0.3 is 13.4 Å². The van der Waals surface area contributed by atoms with E-state index in [0.29, 0.717) is 0 Å². The zero-order chi connectivity index (χ0) is 36.0. The molecule has 0 aliphatic rings. The lowest BCUT2D eigenvalue weighted by Crippen LogP contribution is -1.93. The first-order chi connectivity index (χ1) is 27.3. The summed E-state index contributed by atoms with van der Waals surface area (Å²) in [6.45, 7) is 0. The van der Waals surface area contributed by atoms with Crippen LogP contribution in [0.3, 0.4) is 0 Å². The Balaban J connectivity index is 1.18. The SMILES string of the molecule is c1ccc(-c2c(-c3c4ccccc4c(-c4ccc5c(c4)c4ccccc4n5-c4ccccc4)c4ccccc34)oc3ccc4c5ccccc5oc4c23)cc1. The monoisotopic (exact) mass is 701 g/mol. The maximum absolute atomic E-state index is 7.09. The van der Waals surface area contributed by atoms with E-state index in [-0.39, 0.29) is 0 Å². The van der Waals surface area contributed by atoms with E-state index < -0.39 is 0 Å². The molecule has 3 aromatic heterocycles. The molecule has 9 aromatic carbocycles. The number of fused-ring (bicyclic) bond motifs is 10. The lowest BCUT2D eigenvalue weighted by molar-refractivity contribution is 0.633. The van der Waals surface area contributed by atoms with Crippen LogP contribution >= 0.6 is 0 Å². The number of aromatic nitrogens is 1. The van der Waals surface area contributed by atoms with Crippen LogP contribution in [-0.4, -0.2) is 4.57 Å². The lowest BCUT2D eigenvalue weighted by Gasteiger charge is -2.17. The number of hydrogen-bond donors (Lipinski definition) is 0. The minimum atomic E-state index is 0.804. The minimum Gasteiger partial charge on any atom is -0.455 e. The van der Waals surface area contributed by atoms with Crippen molar-refractivity contribution in [3.63, 3.8) is 0 Å². The summed E-state index contributed by atoms with van der Waals surface area (Å²) in [7, 11) is 0. The Bertz CT molecular complexity index is 3420. The molecule has 0 saturated heterocycles. The second-order valence-corrected chi connectivity index (χ2v) is 14.3. The summed E-state index contributed by atoms with van der Waals surface area (Å²) in [5.41, 5.74) is 11.7. The van der Waals surface area contributed by atoms with Crippen molar-refractivity contribution >= 4 is 76.3 Å². The summed E-state index contributed by atoms with van der Waals surface area (Å²) in [5.74, 6) is 0.842. The van der Waals surface area contributed by atoms with E-state index in [0.717, 1.165) is 71.8 Å². The summed E-state index contributed by atoms with van der Waals surface area (Å²) in [6, 6.07) is 67.1. The molecule has 3 nitrogen and oxygen atoms in total. The van der Waals surface area contributed by atoms with E-state index in [4.69, 9.17) is 8.83 Å². The van der Waals surface area contributed by atoms with Gasteiger partial charge in [-0.25, -0.2) is 0 Å². The van der Waals surface area contributed by atoms with Gasteiger partial charge >= 0.3 is 0 Å². The molecule has 0 aliphatic heterocycles. The molecular weight excluding hydrogens is 671 g/mol. The third-order valence-electron chi connectivity index (χ3n) is 11.4. The van der Waals surface area contributed by atoms with Crippen LogP contribution in [-0.2, 0) is 0 Å². The van der Waals surface area contributed by atoms with Gasteiger partial charge in [-0.15, -0.1) is 0 Å². The van der Waals surface area contributed by atoms with Crippen molar-refractivity contribution in [2.45, 2.75) is 0 Å². The van der Waals surface area contributed by atoms with Gasteiger partial charge in [-0.05, 0) is 86.8 Å². The van der Waals surface area contributed by atoms with Gasteiger partial charge in [-0.2, -0.15) is 0 Å². The fourth-order valence-electron chi connectivity index (χ4n) is 9.09. The van der Waals surface area contributed by atoms with Crippen LogP contribution in [0.1, 0.15) is 0 Å². The molecule has 3 heteroatoms. The minimum absolute atomic E-state index is 0.804. The van der Waals surface area contributed by atoms with Crippen molar-refractivity contribution in [2.24, 2.45) is 0 Å². The number of rotatable bonds is 4. The van der Waals surface area contributed by atoms with Crippen LogP contribution in [0.15, 0.2) is 197 Å². The van der Waals surface area contributed by atoms with Gasteiger partial charge in [-0.1, -0.05) is 140 Å². The van der Waals surface area contributed by atoms with Gasteiger partial charge in [-0.3, -0.25) is 0 Å². The molecule has 3 heterocycles. The molecular formula is C52H31NO2. The molecule has 0 amide bonds. The van der Waals surface area contributed by atoms with Crippen molar-refractivity contribution in [3.8, 4) is 39.3 Å². The fourth-order valence-corrected chi connectivity index (χ4v) is 9.09. The number of furan rings is 2. The molecule has 256 valence electrons. The first-order valence-electron chi connectivity index (χ1n) is 18.8. The average molecular weight is 702 g/mol. The van der Waals surface area contributed by atoms with Gasteiger partial charge in [0.05, 0.1) is 16.4 Å². The predicted octanol–water partition coefficient (Wildman–Crippen LogP) is 14.7. The highest BCUT2D eigenvalue weighted by molar-refractivity contribution is 6.26. The van der Waals surface area contributed by atoms with Crippen LogP contribution in [0.4, 0.5) is 0 Å². The Labute approximate surface area is 315 Å². The van der Waals surface area contributed by atoms with Crippen LogP contribution in [0, 0.1) is 0 Å². The molecule has 0 N–H and O–H groups in total. The van der Waals surface area contributed by atoms with Crippen LogP contribution in [0.25, 0.3) is 116 Å². The molecule has 0 atom stereocenters. The molecule has 0 bridgehead atoms. The van der Waals surface area contributed by atoms with Crippen LogP contribution in [0.5, 0.6) is 0 Å². The van der Waals surface area contributed by atoms with Gasteiger partial charge in [0.1, 0.15) is 22.5 Å². The van der Waals surface area contributed by atoms with E-state index in [9.17, 15) is 0 Å². The van der Waals surface area contributed by atoms with Crippen LogP contribution in [0.2, 0.25) is 0 Å². The predicted molar refractivity (Wildman–Crippen MR) is 229 cm³/mol. The van der Waals surface area contributed by atoms with Gasteiger partial charge in [0.2, 0.25) is 0 Å². The second kappa shape index (κ2) is 11.6. The molecule has 0 radical (unpaired) electrons. The average Bonchev–Trinajstić information content (AvgIpc) is 3.93. The molecule has 0 aliphatic carbocycles. The molecule has 12 rings (SSSR count). The van der Waals surface area contributed by atoms with Crippen molar-refractivity contribution in [2.75, 3.05) is 0 Å². The van der Waals surface area contributed by atoms with E-state index in [2.05, 4.69) is 180 Å². The van der Waals surface area contributed by atoms with E-state index >= 15 is 0 Å². The highest BCUT2D eigenvalue weighted by Crippen LogP contribution is 2.51. The van der Waals surface area contributed by atoms with Crippen molar-refractivity contribution in [1.29, 1.82) is 0 Å². The Morgan fingerprint density at radius 3 is 1.64 bits per heavy atom. The normalized spacial score (nSPS) is 12.0. The lowest BCUT2D eigenvalue weighted by atomic mass is 9.86. The first-order valence-corrected chi connectivity index (χ1v) is 18.8. The zero-order valence-corrected chi connectivity index (χ0v) is 29.7. The zero-order valence-electron chi connectivity index (χ0n) is 29.7. The molecule has 0 unspecified atom stereocenters. The van der Waals surface area contributed by atoms with Crippen molar-refractivity contribution in [3.05, 3.63) is 188 Å². The maximum atomic E-state index is 7.09. The largest absolute Gasteiger partial charge is 0.455 e. The van der Waals surface area contributed by atoms with Crippen molar-refractivity contribution in [1.82, 2.24) is 4.57 Å². The molecule has 12 aromatic rings. The smallest absolute Gasteiger partial charge is 0.147 e. The third kappa shape index (κ3) is 4.32. The standard InChI is InChI=1S/C52H31NO2/c1-3-15-32(16-4-1)48-50-46(30-28-41-36-20-12-14-26-45(36)54-51(41)50)55-52(48)49-39-23-9-7-21-37(39)47(38-22-8-10-24-40(38)49)33-27-29-44-42(31-33)35-19-11-13-25-43(35)53(44)34-17-5-2-6-18-34/h1-31H. The van der Waals surface area contributed by atoms with Gasteiger partial charge in [0, 0.05) is 38.4 Å². The Hall–Kier alpha value is -7.36. The summed E-state index contributed by atoms with van der Waals surface area (Å²) < 4.78 is 16.1. The van der Waals surface area contributed by atoms with E-state index in [1.54, 1.807) is 0 Å². The second-order valence-electron chi connectivity index (χ2n) is 14.3. The quantitative estimate of drug-likeness (QED) is 0.171. The fraction of sp³-hybridized carbons (Fsp3) is 0. The number of para-hydroxylation sites is 3. The topological polar surface area (TPSA) is 31.2 Å². The van der Waals surface area contributed by atoms with Gasteiger partial charge in [0.25, 0.3) is 0 Å². The van der Waals surface area contributed by atoms with Gasteiger partial charge in [0.15, 0.2) is 0 Å². The number of nitrogens with zero attached hydrogens (tertiary/aromatic N) is 1. The molecule has 0 saturated carbocycles. The number of hydrogen-bond acceptors (Lipinski definition) is 2. The summed E-state index contributed by atoms with van der Waals surface area (Å²) in [5, 5.41) is 10.3. The highest BCUT2D eigenvalue weighted by Gasteiger charge is 2.27. The Morgan fingerprint density at radius 2 is 0.909 bits per heavy atom. The summed E-state index contributed by atoms with van der Waals surface area (Å²) >= 11 is 0. The molecule has 0 fully saturated rings. The van der Waals surface area contributed by atoms with Crippen LogP contribution < -0.4 is 0 Å². The number of benzene rings is 9.